The van der Waals surface area contributed by atoms with Gasteiger partial charge in [0.25, 0.3) is 0 Å². The largest absolute Gasteiger partial charge is 0.480 e. The minimum Gasteiger partial charge on any atom is -0.480 e. The summed E-state index contributed by atoms with van der Waals surface area (Å²) in [4.78, 5) is 24.1. The Bertz CT molecular complexity index is 219. The van der Waals surface area contributed by atoms with E-state index in [1.54, 1.807) is 6.92 Å². The number of rotatable bonds is 4. The van der Waals surface area contributed by atoms with E-state index in [0.717, 1.165) is 4.90 Å². The van der Waals surface area contributed by atoms with Gasteiger partial charge in [-0.2, -0.15) is 0 Å². The van der Waals surface area contributed by atoms with Crippen molar-refractivity contribution in [1.82, 2.24) is 9.80 Å². The van der Waals surface area contributed by atoms with Gasteiger partial charge in [0.05, 0.1) is 12.6 Å². The number of carboxylic acids is 1. The van der Waals surface area contributed by atoms with Gasteiger partial charge in [-0.3, -0.25) is 4.79 Å². The molecule has 0 fully saturated rings. The van der Waals surface area contributed by atoms with Gasteiger partial charge in [-0.1, -0.05) is 0 Å². The zero-order chi connectivity index (χ0) is 11.3. The predicted octanol–water partition coefficient (Wildman–Crippen LogP) is -0.565. The van der Waals surface area contributed by atoms with Gasteiger partial charge in [0.15, 0.2) is 0 Å². The summed E-state index contributed by atoms with van der Waals surface area (Å²) in [6.07, 6.45) is 0. The number of aliphatic hydroxyl groups is 1. The van der Waals surface area contributed by atoms with Crippen molar-refractivity contribution in [3.8, 4) is 0 Å². The first kappa shape index (κ1) is 12.7. The lowest BCUT2D eigenvalue weighted by Gasteiger charge is -2.27. The Hall–Kier alpha value is -1.30. The summed E-state index contributed by atoms with van der Waals surface area (Å²) >= 11 is 0. The Morgan fingerprint density at radius 3 is 2.21 bits per heavy atom. The van der Waals surface area contributed by atoms with Crippen LogP contribution in [-0.4, -0.2) is 65.3 Å². The summed E-state index contributed by atoms with van der Waals surface area (Å²) in [7, 11) is 2.92. The standard InChI is InChI=1S/C8H16N2O4/c1-6(5-11)10(3)8(14)9(2)4-7(12)13/h6,11H,4-5H2,1-3H3,(H,12,13). The lowest BCUT2D eigenvalue weighted by molar-refractivity contribution is -0.137. The maximum absolute atomic E-state index is 11.5. The van der Waals surface area contributed by atoms with Gasteiger partial charge < -0.3 is 20.0 Å². The number of carboxylic acid groups (broad SMARTS) is 1. The quantitative estimate of drug-likeness (QED) is 0.643. The van der Waals surface area contributed by atoms with Crippen molar-refractivity contribution in [2.45, 2.75) is 13.0 Å². The van der Waals surface area contributed by atoms with Gasteiger partial charge in [-0.15, -0.1) is 0 Å². The fourth-order valence-corrected chi connectivity index (χ4v) is 0.851. The second-order valence-electron chi connectivity index (χ2n) is 3.17. The average Bonchev–Trinajstić information content (AvgIpc) is 2.13. The van der Waals surface area contributed by atoms with Crippen LogP contribution in [0.1, 0.15) is 6.92 Å². The highest BCUT2D eigenvalue weighted by atomic mass is 16.4. The first-order valence-corrected chi connectivity index (χ1v) is 4.20. The summed E-state index contributed by atoms with van der Waals surface area (Å²) in [6, 6.07) is -0.743. The van der Waals surface area contributed by atoms with Crippen molar-refractivity contribution >= 4 is 12.0 Å². The van der Waals surface area contributed by atoms with Crippen LogP contribution in [0.5, 0.6) is 0 Å². The first-order valence-electron chi connectivity index (χ1n) is 4.20. The summed E-state index contributed by atoms with van der Waals surface area (Å²) in [5.41, 5.74) is 0. The van der Waals surface area contributed by atoms with Gasteiger partial charge in [0.2, 0.25) is 0 Å². The number of carbonyl (C=O) groups is 2. The number of likely N-dealkylation sites (N-methyl/N-ethyl adjacent to an activating group) is 2. The molecule has 0 aliphatic carbocycles. The van der Waals surface area contributed by atoms with Gasteiger partial charge in [-0.05, 0) is 6.92 Å². The molecule has 0 aromatic rings. The second kappa shape index (κ2) is 5.43. The molecule has 2 N–H and O–H groups in total. The molecule has 0 aliphatic rings. The molecule has 1 atom stereocenters. The molecule has 2 amide bonds. The summed E-state index contributed by atoms with van der Waals surface area (Å²) < 4.78 is 0. The molecule has 0 radical (unpaired) electrons. The van der Waals surface area contributed by atoms with E-state index in [2.05, 4.69) is 0 Å². The van der Waals surface area contributed by atoms with Gasteiger partial charge >= 0.3 is 12.0 Å². The van der Waals surface area contributed by atoms with Crippen molar-refractivity contribution in [2.75, 3.05) is 27.2 Å². The van der Waals surface area contributed by atoms with Crippen LogP contribution in [0.15, 0.2) is 0 Å². The first-order chi connectivity index (χ1) is 6.40. The van der Waals surface area contributed by atoms with E-state index in [0.29, 0.717) is 0 Å². The molecule has 0 heterocycles. The number of hydrogen-bond donors (Lipinski definition) is 2. The van der Waals surface area contributed by atoms with Gasteiger partial charge in [0, 0.05) is 14.1 Å². The Morgan fingerprint density at radius 1 is 1.36 bits per heavy atom. The lowest BCUT2D eigenvalue weighted by atomic mass is 10.3. The van der Waals surface area contributed by atoms with Crippen LogP contribution in [0.25, 0.3) is 0 Å². The maximum Gasteiger partial charge on any atom is 0.323 e. The number of aliphatic carboxylic acids is 1. The number of carbonyl (C=O) groups excluding carboxylic acids is 1. The molecule has 82 valence electrons. The second-order valence-corrected chi connectivity index (χ2v) is 3.17. The topological polar surface area (TPSA) is 81.1 Å². The molecule has 0 aliphatic heterocycles. The fraction of sp³-hybridized carbons (Fsp3) is 0.750. The molecule has 0 saturated heterocycles. The van der Waals surface area contributed by atoms with Crippen LogP contribution in [0.4, 0.5) is 4.79 Å². The SMILES string of the molecule is CC(CO)N(C)C(=O)N(C)CC(=O)O. The number of aliphatic hydroxyl groups excluding tert-OH is 1. The van der Waals surface area contributed by atoms with Crippen LogP contribution in [-0.2, 0) is 4.79 Å². The fourth-order valence-electron chi connectivity index (χ4n) is 0.851. The monoisotopic (exact) mass is 204 g/mol. The number of urea groups is 1. The van der Waals surface area contributed by atoms with Crippen LogP contribution >= 0.6 is 0 Å². The third-order valence-corrected chi connectivity index (χ3v) is 1.93. The van der Waals surface area contributed by atoms with Crippen molar-refractivity contribution in [2.24, 2.45) is 0 Å². The Kier molecular flexibility index (Phi) is 4.93. The van der Waals surface area contributed by atoms with Crippen molar-refractivity contribution in [3.05, 3.63) is 0 Å². The zero-order valence-electron chi connectivity index (χ0n) is 8.60. The minimum absolute atomic E-state index is 0.150. The third-order valence-electron chi connectivity index (χ3n) is 1.93. The van der Waals surface area contributed by atoms with E-state index in [1.165, 1.54) is 19.0 Å². The molecule has 1 unspecified atom stereocenters. The van der Waals surface area contributed by atoms with E-state index in [9.17, 15) is 9.59 Å². The highest BCUT2D eigenvalue weighted by Crippen LogP contribution is 1.99. The molecule has 0 bridgehead atoms. The van der Waals surface area contributed by atoms with Crippen molar-refractivity contribution in [1.29, 1.82) is 0 Å². The summed E-state index contributed by atoms with van der Waals surface area (Å²) in [6.45, 7) is 1.18. The molecule has 14 heavy (non-hydrogen) atoms. The van der Waals surface area contributed by atoms with Crippen LogP contribution in [0, 0.1) is 0 Å². The van der Waals surface area contributed by atoms with E-state index < -0.39 is 12.0 Å². The maximum atomic E-state index is 11.5. The Morgan fingerprint density at radius 2 is 1.86 bits per heavy atom. The Labute approximate surface area is 82.7 Å². The minimum atomic E-state index is -1.06. The molecule has 0 spiro atoms. The highest BCUT2D eigenvalue weighted by molar-refractivity contribution is 5.79. The van der Waals surface area contributed by atoms with Crippen molar-refractivity contribution in [3.63, 3.8) is 0 Å². The number of hydrogen-bond acceptors (Lipinski definition) is 3. The van der Waals surface area contributed by atoms with E-state index in [4.69, 9.17) is 10.2 Å². The van der Waals surface area contributed by atoms with Crippen molar-refractivity contribution < 1.29 is 19.8 Å². The zero-order valence-corrected chi connectivity index (χ0v) is 8.60. The van der Waals surface area contributed by atoms with Crippen LogP contribution in [0.2, 0.25) is 0 Å². The third kappa shape index (κ3) is 3.61. The van der Waals surface area contributed by atoms with E-state index in [-0.39, 0.29) is 19.2 Å². The van der Waals surface area contributed by atoms with Gasteiger partial charge in [-0.25, -0.2) is 4.79 Å². The van der Waals surface area contributed by atoms with Crippen LogP contribution < -0.4 is 0 Å². The molecule has 6 nitrogen and oxygen atoms in total. The molecular weight excluding hydrogens is 188 g/mol. The number of amides is 2. The molecule has 0 aromatic heterocycles. The Balaban J connectivity index is 4.23. The molecule has 0 rings (SSSR count). The molecule has 0 saturated carbocycles. The molecular formula is C8H16N2O4. The van der Waals surface area contributed by atoms with Crippen LogP contribution in [0.3, 0.4) is 0 Å². The normalized spacial score (nSPS) is 12.0. The highest BCUT2D eigenvalue weighted by Gasteiger charge is 2.19. The smallest absolute Gasteiger partial charge is 0.323 e. The predicted molar refractivity (Wildman–Crippen MR) is 50.0 cm³/mol. The molecule has 0 aromatic carbocycles. The number of nitrogens with zero attached hydrogens (tertiary/aromatic N) is 2. The van der Waals surface area contributed by atoms with Gasteiger partial charge in [0.1, 0.15) is 6.54 Å². The lowest BCUT2D eigenvalue weighted by Crippen LogP contribution is -2.46. The van der Waals surface area contributed by atoms with E-state index in [1.807, 2.05) is 0 Å². The average molecular weight is 204 g/mol. The molecule has 6 heteroatoms. The van der Waals surface area contributed by atoms with E-state index >= 15 is 0 Å². The summed E-state index contributed by atoms with van der Waals surface area (Å²) in [5, 5.41) is 17.2. The summed E-state index contributed by atoms with van der Waals surface area (Å²) in [5.74, 6) is -1.06.